The van der Waals surface area contributed by atoms with Crippen molar-refractivity contribution in [2.75, 3.05) is 0 Å². The zero-order valence-corrected chi connectivity index (χ0v) is 10.8. The molecule has 1 atom stereocenters. The van der Waals surface area contributed by atoms with E-state index in [-0.39, 0.29) is 17.5 Å². The minimum absolute atomic E-state index is 0.0523. The van der Waals surface area contributed by atoms with Gasteiger partial charge in [-0.05, 0) is 19.3 Å². The molecule has 0 saturated heterocycles. The molecule has 3 heteroatoms. The number of carbonyl (C=O) groups excluding carboxylic acids is 1. The van der Waals surface area contributed by atoms with Gasteiger partial charge in [0.2, 0.25) is 5.91 Å². The van der Waals surface area contributed by atoms with Crippen molar-refractivity contribution < 1.29 is 4.79 Å². The second kappa shape index (κ2) is 6.66. The molecule has 0 spiro atoms. The summed E-state index contributed by atoms with van der Waals surface area (Å²) < 4.78 is 0. The molecule has 1 unspecified atom stereocenters. The maximum absolute atomic E-state index is 11.9. The van der Waals surface area contributed by atoms with E-state index in [2.05, 4.69) is 11.2 Å². The summed E-state index contributed by atoms with van der Waals surface area (Å²) in [6, 6.07) is 0.0969. The zero-order valence-electron chi connectivity index (χ0n) is 10.8. The molecule has 0 bridgehead atoms. The van der Waals surface area contributed by atoms with E-state index in [1.807, 2.05) is 6.92 Å². The van der Waals surface area contributed by atoms with Crippen molar-refractivity contribution in [2.45, 2.75) is 69.9 Å². The van der Waals surface area contributed by atoms with Crippen LogP contribution in [0.2, 0.25) is 0 Å². The normalized spacial score (nSPS) is 20.3. The first-order valence-corrected chi connectivity index (χ1v) is 6.61. The molecule has 3 N–H and O–H groups in total. The van der Waals surface area contributed by atoms with Gasteiger partial charge in [0.25, 0.3) is 0 Å². The van der Waals surface area contributed by atoms with E-state index >= 15 is 0 Å². The first-order valence-electron chi connectivity index (χ1n) is 6.61. The minimum Gasteiger partial charge on any atom is -0.352 e. The predicted octanol–water partition coefficient (Wildman–Crippen LogP) is 1.96. The second-order valence-electron chi connectivity index (χ2n) is 5.18. The zero-order chi connectivity index (χ0) is 12.7. The van der Waals surface area contributed by atoms with Crippen LogP contribution in [0.1, 0.15) is 58.3 Å². The van der Waals surface area contributed by atoms with E-state index in [0.717, 1.165) is 32.1 Å². The molecule has 17 heavy (non-hydrogen) atoms. The standard InChI is InChI=1S/C14H24N2O/c1-3-8-12(4-2)16-13(17)11-14(15)9-6-5-7-10-14/h1,12H,4-11,15H2,2H3,(H,16,17). The average molecular weight is 236 g/mol. The molecular formula is C14H24N2O. The van der Waals surface area contributed by atoms with Crippen molar-refractivity contribution >= 4 is 5.91 Å². The largest absolute Gasteiger partial charge is 0.352 e. The number of carbonyl (C=O) groups is 1. The van der Waals surface area contributed by atoms with Crippen LogP contribution in [0.25, 0.3) is 0 Å². The van der Waals surface area contributed by atoms with E-state index in [1.165, 1.54) is 6.42 Å². The van der Waals surface area contributed by atoms with E-state index < -0.39 is 0 Å². The van der Waals surface area contributed by atoms with E-state index in [0.29, 0.717) is 12.8 Å². The molecule has 1 rings (SSSR count). The molecule has 0 aromatic rings. The van der Waals surface area contributed by atoms with Gasteiger partial charge in [-0.15, -0.1) is 12.3 Å². The molecule has 0 aromatic heterocycles. The lowest BCUT2D eigenvalue weighted by molar-refractivity contribution is -0.123. The Kier molecular flexibility index (Phi) is 5.50. The highest BCUT2D eigenvalue weighted by atomic mass is 16.1. The Morgan fingerprint density at radius 2 is 2.12 bits per heavy atom. The third-order valence-corrected chi connectivity index (χ3v) is 3.58. The lowest BCUT2D eigenvalue weighted by atomic mass is 9.80. The van der Waals surface area contributed by atoms with Gasteiger partial charge in [0.1, 0.15) is 0 Å². The van der Waals surface area contributed by atoms with Crippen LogP contribution in [-0.2, 0) is 4.79 Å². The number of rotatable bonds is 5. The smallest absolute Gasteiger partial charge is 0.222 e. The van der Waals surface area contributed by atoms with Gasteiger partial charge in [-0.3, -0.25) is 4.79 Å². The number of hydrogen-bond acceptors (Lipinski definition) is 2. The van der Waals surface area contributed by atoms with Gasteiger partial charge in [-0.25, -0.2) is 0 Å². The molecule has 3 nitrogen and oxygen atoms in total. The van der Waals surface area contributed by atoms with Crippen molar-refractivity contribution in [1.29, 1.82) is 0 Å². The summed E-state index contributed by atoms with van der Waals surface area (Å²) in [6.07, 6.45) is 12.6. The van der Waals surface area contributed by atoms with E-state index in [9.17, 15) is 4.79 Å². The number of terminal acetylenes is 1. The van der Waals surface area contributed by atoms with Gasteiger partial charge >= 0.3 is 0 Å². The first kappa shape index (κ1) is 14.1. The third kappa shape index (κ3) is 4.79. The van der Waals surface area contributed by atoms with Crippen LogP contribution in [0.4, 0.5) is 0 Å². The molecule has 0 aromatic carbocycles. The van der Waals surface area contributed by atoms with Gasteiger partial charge in [0.15, 0.2) is 0 Å². The van der Waals surface area contributed by atoms with Crippen molar-refractivity contribution in [3.8, 4) is 12.3 Å². The summed E-state index contributed by atoms with van der Waals surface area (Å²) in [5.74, 6) is 2.64. The Bertz CT molecular complexity index is 287. The average Bonchev–Trinajstić information content (AvgIpc) is 2.28. The van der Waals surface area contributed by atoms with Gasteiger partial charge < -0.3 is 11.1 Å². The maximum Gasteiger partial charge on any atom is 0.222 e. The van der Waals surface area contributed by atoms with Crippen LogP contribution in [0.5, 0.6) is 0 Å². The molecule has 1 aliphatic carbocycles. The third-order valence-electron chi connectivity index (χ3n) is 3.58. The highest BCUT2D eigenvalue weighted by Crippen LogP contribution is 2.28. The van der Waals surface area contributed by atoms with E-state index in [1.54, 1.807) is 0 Å². The van der Waals surface area contributed by atoms with Gasteiger partial charge in [0.05, 0.1) is 0 Å². The Morgan fingerprint density at radius 1 is 1.47 bits per heavy atom. The minimum atomic E-state index is -0.281. The lowest BCUT2D eigenvalue weighted by Gasteiger charge is -2.33. The highest BCUT2D eigenvalue weighted by molar-refractivity contribution is 5.77. The van der Waals surface area contributed by atoms with Crippen LogP contribution >= 0.6 is 0 Å². The highest BCUT2D eigenvalue weighted by Gasteiger charge is 2.30. The molecule has 1 saturated carbocycles. The second-order valence-corrected chi connectivity index (χ2v) is 5.18. The number of nitrogens with two attached hydrogens (primary N) is 1. The maximum atomic E-state index is 11.9. The monoisotopic (exact) mass is 236 g/mol. The van der Waals surface area contributed by atoms with Crippen molar-refractivity contribution in [3.63, 3.8) is 0 Å². The summed E-state index contributed by atoms with van der Waals surface area (Å²) >= 11 is 0. The van der Waals surface area contributed by atoms with Crippen LogP contribution < -0.4 is 11.1 Å². The predicted molar refractivity (Wildman–Crippen MR) is 70.3 cm³/mol. The molecule has 96 valence electrons. The SMILES string of the molecule is C#CCC(CC)NC(=O)CC1(N)CCCCC1. The van der Waals surface area contributed by atoms with E-state index in [4.69, 9.17) is 12.2 Å². The van der Waals surface area contributed by atoms with Gasteiger partial charge in [0, 0.05) is 24.4 Å². The molecule has 1 amide bonds. The Hall–Kier alpha value is -1.01. The molecule has 1 aliphatic rings. The van der Waals surface area contributed by atoms with Crippen LogP contribution in [0.3, 0.4) is 0 Å². The summed E-state index contributed by atoms with van der Waals surface area (Å²) in [7, 11) is 0. The fourth-order valence-corrected chi connectivity index (χ4v) is 2.47. The number of amides is 1. The topological polar surface area (TPSA) is 55.1 Å². The van der Waals surface area contributed by atoms with Gasteiger partial charge in [-0.1, -0.05) is 26.2 Å². The first-order chi connectivity index (χ1) is 8.09. The fraction of sp³-hybridized carbons (Fsp3) is 0.786. The van der Waals surface area contributed by atoms with Crippen LogP contribution in [0, 0.1) is 12.3 Å². The quantitative estimate of drug-likeness (QED) is 0.717. The molecule has 0 aliphatic heterocycles. The fourth-order valence-electron chi connectivity index (χ4n) is 2.47. The van der Waals surface area contributed by atoms with Crippen molar-refractivity contribution in [3.05, 3.63) is 0 Å². The van der Waals surface area contributed by atoms with Crippen LogP contribution in [0.15, 0.2) is 0 Å². The summed E-state index contributed by atoms with van der Waals surface area (Å²) in [5.41, 5.74) is 5.97. The number of hydrogen-bond donors (Lipinski definition) is 2. The van der Waals surface area contributed by atoms with Crippen molar-refractivity contribution in [2.24, 2.45) is 5.73 Å². The summed E-state index contributed by atoms with van der Waals surface area (Å²) in [5, 5.41) is 2.98. The molecule has 0 radical (unpaired) electrons. The lowest BCUT2D eigenvalue weighted by Crippen LogP contribution is -2.47. The van der Waals surface area contributed by atoms with Crippen LogP contribution in [-0.4, -0.2) is 17.5 Å². The molecular weight excluding hydrogens is 212 g/mol. The van der Waals surface area contributed by atoms with Gasteiger partial charge in [-0.2, -0.15) is 0 Å². The Morgan fingerprint density at radius 3 is 2.65 bits per heavy atom. The summed E-state index contributed by atoms with van der Waals surface area (Å²) in [4.78, 5) is 11.9. The Labute approximate surface area is 105 Å². The molecule has 1 fully saturated rings. The molecule has 0 heterocycles. The Balaban J connectivity index is 2.40. The van der Waals surface area contributed by atoms with Crippen molar-refractivity contribution in [1.82, 2.24) is 5.32 Å². The summed E-state index contributed by atoms with van der Waals surface area (Å²) in [6.45, 7) is 2.03. The number of nitrogens with one attached hydrogen (secondary N) is 1.